The van der Waals surface area contributed by atoms with Crippen molar-refractivity contribution in [3.05, 3.63) is 174 Å². The van der Waals surface area contributed by atoms with Gasteiger partial charge in [-0.25, -0.2) is 4.98 Å². The maximum atomic E-state index is 8.68. The van der Waals surface area contributed by atoms with E-state index in [0.29, 0.717) is 45.1 Å². The van der Waals surface area contributed by atoms with Gasteiger partial charge in [0.25, 0.3) is 0 Å². The molecule has 0 aliphatic heterocycles. The molecule has 0 amide bonds. The fourth-order valence-corrected chi connectivity index (χ4v) is 7.38. The average Bonchev–Trinajstić information content (AvgIpc) is 3.65. The summed E-state index contributed by atoms with van der Waals surface area (Å²) in [5, 5.41) is 0. The van der Waals surface area contributed by atoms with Gasteiger partial charge in [-0.2, -0.15) is 7.11 Å². The van der Waals surface area contributed by atoms with E-state index in [9.17, 15) is 0 Å². The van der Waals surface area contributed by atoms with Crippen LogP contribution in [0.15, 0.2) is 128 Å². The van der Waals surface area contributed by atoms with Gasteiger partial charge in [-0.15, -0.1) is 29.3 Å². The van der Waals surface area contributed by atoms with Gasteiger partial charge in [0, 0.05) is 29.9 Å². The number of hydrogen-bond acceptors (Lipinski definition) is 3. The first-order chi connectivity index (χ1) is 30.5. The molecular weight excluding hydrogens is 878 g/mol. The maximum absolute atomic E-state index is 8.68. The number of rotatable bonds is 7. The predicted molar refractivity (Wildman–Crippen MR) is 233 cm³/mol. The zero-order valence-corrected chi connectivity index (χ0v) is 34.7. The van der Waals surface area contributed by atoms with Crippen LogP contribution in [0.2, 0.25) is 0 Å². The normalized spacial score (nSPS) is 14.5. The molecule has 0 N–H and O–H groups in total. The zero-order chi connectivity index (χ0) is 46.8. The van der Waals surface area contributed by atoms with Crippen molar-refractivity contribution in [2.75, 3.05) is 0 Å². The Labute approximate surface area is 364 Å². The van der Waals surface area contributed by atoms with Crippen molar-refractivity contribution in [3.8, 4) is 67.5 Å². The molecule has 5 heteroatoms. The van der Waals surface area contributed by atoms with Gasteiger partial charge in [0.2, 0.25) is 0 Å². The van der Waals surface area contributed by atoms with Crippen LogP contribution < -0.4 is 4.74 Å². The Morgan fingerprint density at radius 3 is 2.19 bits per heavy atom. The minimum Gasteiger partial charge on any atom is -0.665 e. The molecule has 0 aliphatic carbocycles. The predicted octanol–water partition coefficient (Wildman–Crippen LogP) is 13.6. The third kappa shape index (κ3) is 7.64. The first-order valence-electron chi connectivity index (χ1n) is 23.0. The van der Waals surface area contributed by atoms with Crippen molar-refractivity contribution < 1.29 is 38.1 Å². The van der Waals surface area contributed by atoms with Gasteiger partial charge in [0.15, 0.2) is 0 Å². The topological polar surface area (TPSA) is 39.9 Å². The number of aromatic nitrogens is 3. The molecule has 2 heterocycles. The number of hydrogen-bond donors (Lipinski definition) is 0. The summed E-state index contributed by atoms with van der Waals surface area (Å²) in [5.74, 6) is 0.913. The summed E-state index contributed by atoms with van der Waals surface area (Å²) in [6.45, 7) is 2.53. The molecule has 0 saturated heterocycles. The van der Waals surface area contributed by atoms with Gasteiger partial charge >= 0.3 is 21.1 Å². The van der Waals surface area contributed by atoms with Gasteiger partial charge < -0.3 is 4.74 Å². The Kier molecular flexibility index (Phi) is 8.19. The largest absolute Gasteiger partial charge is 2.00 e. The van der Waals surface area contributed by atoms with Gasteiger partial charge in [0.1, 0.15) is 5.82 Å². The number of nitrogens with zero attached hydrogens (tertiary/aromatic N) is 3. The van der Waals surface area contributed by atoms with Crippen LogP contribution in [0.5, 0.6) is 5.75 Å². The summed E-state index contributed by atoms with van der Waals surface area (Å²) in [6, 6.07) is 40.4. The molecule has 0 radical (unpaired) electrons. The van der Waals surface area contributed by atoms with Gasteiger partial charge in [-0.1, -0.05) is 116 Å². The first-order valence-corrected chi connectivity index (χ1v) is 18.5. The van der Waals surface area contributed by atoms with Crippen LogP contribution in [0.1, 0.15) is 66.5 Å². The fourth-order valence-electron chi connectivity index (χ4n) is 7.38. The summed E-state index contributed by atoms with van der Waals surface area (Å²) in [7, 11) is 3.80. The zero-order valence-electron chi connectivity index (χ0n) is 41.4. The van der Waals surface area contributed by atoms with Crippen molar-refractivity contribution in [1.29, 1.82) is 0 Å². The molecule has 8 aromatic rings. The van der Waals surface area contributed by atoms with Crippen LogP contribution in [0.25, 0.3) is 72.7 Å². The molecule has 0 bridgehead atoms. The van der Waals surface area contributed by atoms with Crippen LogP contribution >= 0.6 is 0 Å². The van der Waals surface area contributed by atoms with Gasteiger partial charge in [-0.05, 0) is 115 Å². The number of para-hydroxylation sites is 1. The van der Waals surface area contributed by atoms with E-state index >= 15 is 0 Å². The molecule has 0 fully saturated rings. The van der Waals surface area contributed by atoms with E-state index in [4.69, 9.17) is 27.0 Å². The average molecular weight is 934 g/mol. The Hall–Kier alpha value is -5.57. The third-order valence-electron chi connectivity index (χ3n) is 10.2. The Balaban J connectivity index is 0.00000648. The van der Waals surface area contributed by atoms with Crippen LogP contribution in [0, 0.1) is 47.6 Å². The van der Waals surface area contributed by atoms with Crippen molar-refractivity contribution in [2.24, 2.45) is 0 Å². The minimum atomic E-state index is -2.79. The number of fused-ring (bicyclic) bond motifs is 1. The van der Waals surface area contributed by atoms with E-state index in [1.54, 1.807) is 60.8 Å². The van der Waals surface area contributed by atoms with E-state index in [1.165, 1.54) is 6.07 Å². The van der Waals surface area contributed by atoms with Crippen LogP contribution in [-0.2, 0) is 26.5 Å². The van der Waals surface area contributed by atoms with Crippen molar-refractivity contribution in [3.63, 3.8) is 0 Å². The van der Waals surface area contributed by atoms with E-state index in [1.807, 2.05) is 66.9 Å². The van der Waals surface area contributed by atoms with Crippen molar-refractivity contribution in [1.82, 2.24) is 14.5 Å². The number of benzene rings is 6. The smallest absolute Gasteiger partial charge is 0.665 e. The molecule has 4 nitrogen and oxygen atoms in total. The second-order valence-corrected chi connectivity index (χ2v) is 15.3. The van der Waals surface area contributed by atoms with E-state index < -0.39 is 20.6 Å². The molecule has 0 saturated carbocycles. The number of pyridine rings is 1. The van der Waals surface area contributed by atoms with E-state index in [-0.39, 0.29) is 48.7 Å². The maximum Gasteiger partial charge on any atom is 2.00 e. The molecule has 0 atom stereocenters. The number of ether oxygens (including phenoxy) is 1. The Bertz CT molecular complexity index is 3090. The van der Waals surface area contributed by atoms with Crippen LogP contribution in [0.3, 0.4) is 0 Å². The van der Waals surface area contributed by atoms with Crippen LogP contribution in [0.4, 0.5) is 0 Å². The molecule has 0 unspecified atom stereocenters. The second kappa shape index (κ2) is 15.8. The molecule has 0 spiro atoms. The summed E-state index contributed by atoms with van der Waals surface area (Å²) >= 11 is 0. The third-order valence-corrected chi connectivity index (χ3v) is 10.2. The molecular formula is C52H47N3OPt. The monoisotopic (exact) mass is 933 g/mol. The summed E-state index contributed by atoms with van der Waals surface area (Å²) in [6.07, 6.45) is 1.73. The van der Waals surface area contributed by atoms with Crippen LogP contribution in [-0.4, -0.2) is 14.5 Å². The summed E-state index contributed by atoms with van der Waals surface area (Å²) in [4.78, 5) is 10.2. The minimum absolute atomic E-state index is 0. The molecule has 286 valence electrons. The standard InChI is InChI=1S/C52H47N3O.Pt/c1-32-18-20-37(21-19-32)39-22-23-53-47(30-39)41-27-40(28-42(29-41)52(6,7)8)44-16-13-17-48-49(44)54-51(46-25-33(2)24-35(4)50(46)56-9)55(48)43-26-34(3)36(5)45(31-43)38-14-11-10-12-15-38;/h10-26,28-31H,9H2,1-8H3;/q-2;+2/i1D3,3D3,5D3;. The fraction of sp³-hybridized carbons (Fsp3) is 0.173. The molecule has 2 aromatic heterocycles. The summed E-state index contributed by atoms with van der Waals surface area (Å²) < 4.78 is 82.9. The molecule has 57 heavy (non-hydrogen) atoms. The summed E-state index contributed by atoms with van der Waals surface area (Å²) in [5.41, 5.74) is 9.83. The van der Waals surface area contributed by atoms with Crippen molar-refractivity contribution >= 4 is 11.0 Å². The molecule has 0 aliphatic rings. The first kappa shape index (κ1) is 29.6. The van der Waals surface area contributed by atoms with Gasteiger partial charge in [-0.3, -0.25) is 9.55 Å². The quantitative estimate of drug-likeness (QED) is 0.150. The molecule has 8 rings (SSSR count). The van der Waals surface area contributed by atoms with Gasteiger partial charge in [0.05, 0.1) is 22.3 Å². The number of imidazole rings is 1. The Morgan fingerprint density at radius 2 is 1.47 bits per heavy atom. The van der Waals surface area contributed by atoms with E-state index in [0.717, 1.165) is 44.5 Å². The Morgan fingerprint density at radius 1 is 0.684 bits per heavy atom. The second-order valence-electron chi connectivity index (χ2n) is 15.3. The molecule has 6 aromatic carbocycles. The SMILES string of the molecule is [2H]C([2H])([2H])c1ccc(-c2ccnc(-c3[c-]c(-c4cccc5c4nc(-c4cc(C)cc(C)c4O[CH2-])n5-c4cc(-c5ccccc5)c(C([2H])([2H])[2H])c(C([2H])([2H])[2H])c4)cc(C(C)(C)C)c3)c2)cc1.[Pt+2]. The number of aryl methyl sites for hydroxylation is 4. The van der Waals surface area contributed by atoms with E-state index in [2.05, 4.69) is 46.1 Å². The van der Waals surface area contributed by atoms with Crippen molar-refractivity contribution in [2.45, 2.75) is 60.6 Å².